The van der Waals surface area contributed by atoms with E-state index in [9.17, 15) is 4.79 Å². The van der Waals surface area contributed by atoms with Crippen LogP contribution < -0.4 is 5.32 Å². The zero-order valence-electron chi connectivity index (χ0n) is 17.6. The molecule has 0 aliphatic heterocycles. The molecule has 0 saturated heterocycles. The summed E-state index contributed by atoms with van der Waals surface area (Å²) in [5.74, 6) is 8.52. The number of fused-ring (bicyclic) bond motifs is 5. The van der Waals surface area contributed by atoms with Crippen LogP contribution in [-0.4, -0.2) is 6.41 Å². The Bertz CT molecular complexity index is 855. The molecule has 28 heavy (non-hydrogen) atoms. The van der Waals surface area contributed by atoms with Crippen LogP contribution in [0.25, 0.3) is 0 Å². The first-order valence-corrected chi connectivity index (χ1v) is 11.1. The van der Waals surface area contributed by atoms with Gasteiger partial charge in [-0.25, -0.2) is 0 Å². The lowest BCUT2D eigenvalue weighted by molar-refractivity contribution is -0.105. The molecule has 0 spiro atoms. The molecule has 3 aliphatic carbocycles. The van der Waals surface area contributed by atoms with E-state index < -0.39 is 0 Å². The summed E-state index contributed by atoms with van der Waals surface area (Å²) in [7, 11) is 0. The summed E-state index contributed by atoms with van der Waals surface area (Å²) < 4.78 is 0. The minimum absolute atomic E-state index is 0.429. The number of anilines is 1. The number of carbonyl (C=O) groups excluding carboxylic acids is 1. The molecular weight excluding hydrogens is 342 g/mol. The second-order valence-electron chi connectivity index (χ2n) is 9.16. The van der Waals surface area contributed by atoms with Gasteiger partial charge in [-0.1, -0.05) is 37.8 Å². The van der Waals surface area contributed by atoms with E-state index in [2.05, 4.69) is 49.2 Å². The van der Waals surface area contributed by atoms with Crippen LogP contribution in [0.2, 0.25) is 0 Å². The normalized spacial score (nSPS) is 32.0. The Kier molecular flexibility index (Phi) is 5.37. The quantitative estimate of drug-likeness (QED) is 0.378. The molecule has 2 saturated carbocycles. The van der Waals surface area contributed by atoms with E-state index in [1.165, 1.54) is 56.1 Å². The molecule has 0 aromatic heterocycles. The number of hydrogen-bond donors (Lipinski definition) is 1. The monoisotopic (exact) mass is 375 g/mol. The first-order valence-electron chi connectivity index (χ1n) is 11.1. The van der Waals surface area contributed by atoms with Gasteiger partial charge in [-0.15, -0.1) is 5.92 Å². The van der Waals surface area contributed by atoms with Crippen LogP contribution in [0.1, 0.15) is 88.3 Å². The van der Waals surface area contributed by atoms with Crippen molar-refractivity contribution in [3.63, 3.8) is 0 Å². The molecule has 1 aromatic carbocycles. The molecule has 3 aliphatic rings. The molecule has 4 unspecified atom stereocenters. The minimum Gasteiger partial charge on any atom is -0.328 e. The predicted molar refractivity (Wildman–Crippen MR) is 116 cm³/mol. The van der Waals surface area contributed by atoms with E-state index in [0.717, 1.165) is 35.9 Å². The van der Waals surface area contributed by atoms with Gasteiger partial charge in [-0.3, -0.25) is 4.79 Å². The van der Waals surface area contributed by atoms with Crippen molar-refractivity contribution in [3.8, 4) is 11.8 Å². The summed E-state index contributed by atoms with van der Waals surface area (Å²) in [6.45, 7) is 6.70. The van der Waals surface area contributed by atoms with Gasteiger partial charge in [0.15, 0.2) is 0 Å². The highest BCUT2D eigenvalue weighted by atomic mass is 16.1. The number of carbonyl (C=O) groups is 1. The zero-order chi connectivity index (χ0) is 19.7. The van der Waals surface area contributed by atoms with Crippen molar-refractivity contribution in [3.05, 3.63) is 40.5 Å². The summed E-state index contributed by atoms with van der Waals surface area (Å²) in [5.41, 5.74) is 6.96. The fourth-order valence-electron chi connectivity index (χ4n) is 6.54. The fourth-order valence-corrected chi connectivity index (χ4v) is 6.54. The van der Waals surface area contributed by atoms with Crippen LogP contribution in [0.15, 0.2) is 23.8 Å². The number of unbranched alkanes of at least 4 members (excludes halogenated alkanes) is 1. The maximum absolute atomic E-state index is 11.0. The lowest BCUT2D eigenvalue weighted by Crippen LogP contribution is -2.40. The van der Waals surface area contributed by atoms with Gasteiger partial charge in [-0.2, -0.15) is 0 Å². The van der Waals surface area contributed by atoms with E-state index in [1.54, 1.807) is 5.57 Å². The number of hydrogen-bond acceptors (Lipinski definition) is 1. The van der Waals surface area contributed by atoms with Crippen LogP contribution in [-0.2, 0) is 11.2 Å². The predicted octanol–water partition coefficient (Wildman–Crippen LogP) is 6.21. The summed E-state index contributed by atoms with van der Waals surface area (Å²) in [6, 6.07) is 4.48. The molecule has 2 nitrogen and oxygen atoms in total. The molecule has 4 rings (SSSR count). The maximum Gasteiger partial charge on any atom is 0.211 e. The van der Waals surface area contributed by atoms with E-state index >= 15 is 0 Å². The van der Waals surface area contributed by atoms with Gasteiger partial charge in [0.05, 0.1) is 5.69 Å². The fraction of sp³-hybridized carbons (Fsp3) is 0.577. The molecule has 0 bridgehead atoms. The van der Waals surface area contributed by atoms with Gasteiger partial charge in [0, 0.05) is 5.56 Å². The van der Waals surface area contributed by atoms with Crippen molar-refractivity contribution in [1.82, 2.24) is 0 Å². The number of benzene rings is 1. The highest BCUT2D eigenvalue weighted by Crippen LogP contribution is 2.63. The van der Waals surface area contributed by atoms with Crippen molar-refractivity contribution in [2.24, 2.45) is 17.3 Å². The van der Waals surface area contributed by atoms with Crippen molar-refractivity contribution in [2.45, 2.75) is 78.1 Å². The van der Waals surface area contributed by atoms with Crippen molar-refractivity contribution < 1.29 is 4.79 Å². The number of rotatable bonds is 4. The average Bonchev–Trinajstić information content (AvgIpc) is 3.03. The smallest absolute Gasteiger partial charge is 0.211 e. The van der Waals surface area contributed by atoms with Gasteiger partial charge in [0.25, 0.3) is 0 Å². The van der Waals surface area contributed by atoms with E-state index in [1.807, 2.05) is 6.92 Å². The second-order valence-corrected chi connectivity index (χ2v) is 9.16. The molecule has 2 heteroatoms. The largest absolute Gasteiger partial charge is 0.328 e. The summed E-state index contributed by atoms with van der Waals surface area (Å²) in [6.07, 6.45) is 13.5. The van der Waals surface area contributed by atoms with Crippen LogP contribution >= 0.6 is 0 Å². The van der Waals surface area contributed by atoms with Gasteiger partial charge in [0.2, 0.25) is 6.41 Å². The Hall–Kier alpha value is -2.01. The summed E-state index contributed by atoms with van der Waals surface area (Å²) >= 11 is 0. The molecule has 0 heterocycles. The van der Waals surface area contributed by atoms with Gasteiger partial charge in [-0.05, 0) is 98.3 Å². The standard InChI is InChI=1S/C26H33NO/c1-4-6-8-20-10-12-24-22-11-9-18-16-25(27-17-28)19(7-5-2)15-23(18)21(22)13-14-26(20,24)3/h8,15-17,21-22,24H,4,6,9-14H2,1-3H3,(H,27,28)/b20-8-. The number of allylic oxidation sites excluding steroid dienone is 2. The van der Waals surface area contributed by atoms with Crippen molar-refractivity contribution >= 4 is 12.1 Å². The van der Waals surface area contributed by atoms with E-state index in [-0.39, 0.29) is 0 Å². The molecule has 148 valence electrons. The first-order chi connectivity index (χ1) is 13.6. The highest BCUT2D eigenvalue weighted by molar-refractivity contribution is 5.77. The third-order valence-electron chi connectivity index (χ3n) is 7.86. The Morgan fingerprint density at radius 1 is 1.25 bits per heavy atom. The molecule has 2 fully saturated rings. The van der Waals surface area contributed by atoms with Crippen LogP contribution in [0, 0.1) is 29.1 Å². The Morgan fingerprint density at radius 3 is 2.86 bits per heavy atom. The highest BCUT2D eigenvalue weighted by Gasteiger charge is 2.52. The lowest BCUT2D eigenvalue weighted by Gasteiger charge is -2.49. The molecule has 0 radical (unpaired) electrons. The topological polar surface area (TPSA) is 29.1 Å². The zero-order valence-corrected chi connectivity index (χ0v) is 17.6. The molecule has 1 aromatic rings. The van der Waals surface area contributed by atoms with Crippen LogP contribution in [0.4, 0.5) is 5.69 Å². The molecule has 1 amide bonds. The average molecular weight is 376 g/mol. The lowest BCUT2D eigenvalue weighted by atomic mass is 9.55. The molecule has 4 atom stereocenters. The molecular formula is C26H33NO. The molecule has 1 N–H and O–H groups in total. The first kappa shape index (κ1) is 19.3. The summed E-state index contributed by atoms with van der Waals surface area (Å²) in [4.78, 5) is 11.0. The van der Waals surface area contributed by atoms with E-state index in [4.69, 9.17) is 0 Å². The maximum atomic E-state index is 11.0. The second kappa shape index (κ2) is 7.78. The number of amides is 1. The Morgan fingerprint density at radius 2 is 2.11 bits per heavy atom. The van der Waals surface area contributed by atoms with Crippen LogP contribution in [0.5, 0.6) is 0 Å². The van der Waals surface area contributed by atoms with Crippen LogP contribution in [0.3, 0.4) is 0 Å². The number of aryl methyl sites for hydroxylation is 1. The third-order valence-corrected chi connectivity index (χ3v) is 7.86. The minimum atomic E-state index is 0.429. The number of nitrogens with one attached hydrogen (secondary N) is 1. The SMILES string of the molecule is CC#Cc1cc2c(cc1NC=O)CCC1C2CCC2(C)/C(=C\CCC)CCC12. The van der Waals surface area contributed by atoms with E-state index in [0.29, 0.717) is 11.3 Å². The Labute approximate surface area is 170 Å². The van der Waals surface area contributed by atoms with Crippen molar-refractivity contribution in [2.75, 3.05) is 5.32 Å². The van der Waals surface area contributed by atoms with Crippen molar-refractivity contribution in [1.29, 1.82) is 0 Å². The van der Waals surface area contributed by atoms with Gasteiger partial charge < -0.3 is 5.32 Å². The third kappa shape index (κ3) is 3.10. The summed E-state index contributed by atoms with van der Waals surface area (Å²) in [5, 5.41) is 2.86. The van der Waals surface area contributed by atoms with Gasteiger partial charge in [0.1, 0.15) is 0 Å². The Balaban J connectivity index is 1.68. The van der Waals surface area contributed by atoms with Gasteiger partial charge >= 0.3 is 0 Å².